The maximum absolute atomic E-state index is 11.4. The van der Waals surface area contributed by atoms with Crippen LogP contribution in [0.25, 0.3) is 0 Å². The summed E-state index contributed by atoms with van der Waals surface area (Å²) >= 11 is 11.2. The van der Waals surface area contributed by atoms with Crippen molar-refractivity contribution in [1.82, 2.24) is 0 Å². The fraction of sp³-hybridized carbons (Fsp3) is 0.700. The number of methoxy groups -OCH3 is 1. The summed E-state index contributed by atoms with van der Waals surface area (Å²) in [5, 5.41) is 0. The summed E-state index contributed by atoms with van der Waals surface area (Å²) in [6, 6.07) is 0. The van der Waals surface area contributed by atoms with Gasteiger partial charge in [0.05, 0.1) is 13.0 Å². The minimum Gasteiger partial charge on any atom is -0.469 e. The molecular weight excluding hydrogens is 223 g/mol. The van der Waals surface area contributed by atoms with Gasteiger partial charge in [-0.2, -0.15) is 0 Å². The zero-order valence-corrected chi connectivity index (χ0v) is 9.44. The van der Waals surface area contributed by atoms with Crippen molar-refractivity contribution in [1.29, 1.82) is 0 Å². The molecule has 0 aliphatic heterocycles. The van der Waals surface area contributed by atoms with Crippen LogP contribution in [0.3, 0.4) is 0 Å². The maximum Gasteiger partial charge on any atom is 0.309 e. The Labute approximate surface area is 93.2 Å². The Balaban J connectivity index is 2.11. The van der Waals surface area contributed by atoms with E-state index in [9.17, 15) is 4.79 Å². The Morgan fingerprint density at radius 3 is 2.50 bits per heavy atom. The van der Waals surface area contributed by atoms with Crippen LogP contribution in [0.1, 0.15) is 19.3 Å². The lowest BCUT2D eigenvalue weighted by Gasteiger charge is -2.26. The third-order valence-electron chi connectivity index (χ3n) is 3.58. The van der Waals surface area contributed by atoms with E-state index < -0.39 is 0 Å². The van der Waals surface area contributed by atoms with Crippen LogP contribution in [0.2, 0.25) is 0 Å². The lowest BCUT2D eigenvalue weighted by Crippen LogP contribution is -2.19. The Kier molecular flexibility index (Phi) is 2.52. The van der Waals surface area contributed by atoms with Crippen molar-refractivity contribution in [2.45, 2.75) is 19.3 Å². The van der Waals surface area contributed by atoms with Gasteiger partial charge in [-0.3, -0.25) is 4.79 Å². The van der Waals surface area contributed by atoms with Gasteiger partial charge in [0, 0.05) is 0 Å². The number of allylic oxidation sites excluding steroid dienone is 1. The average Bonchev–Trinajstić information content (AvgIpc) is 2.70. The number of rotatable bonds is 2. The molecule has 2 aliphatic carbocycles. The SMILES string of the molecule is COC(=O)C1C(C=C(Cl)Cl)C12CCC2. The second kappa shape index (κ2) is 3.42. The number of ether oxygens (including phenoxy) is 1. The highest BCUT2D eigenvalue weighted by molar-refractivity contribution is 6.55. The number of hydrogen-bond donors (Lipinski definition) is 0. The summed E-state index contributed by atoms with van der Waals surface area (Å²) in [5.74, 6) is 0.0722. The molecule has 0 N–H and O–H groups in total. The molecule has 0 aromatic carbocycles. The molecule has 0 saturated heterocycles. The number of hydrogen-bond acceptors (Lipinski definition) is 2. The molecular formula is C10H12Cl2O2. The molecule has 78 valence electrons. The van der Waals surface area contributed by atoms with E-state index in [2.05, 4.69) is 0 Å². The van der Waals surface area contributed by atoms with Gasteiger partial charge in [-0.15, -0.1) is 0 Å². The lowest BCUT2D eigenvalue weighted by molar-refractivity contribution is -0.143. The Morgan fingerprint density at radius 2 is 2.14 bits per heavy atom. The topological polar surface area (TPSA) is 26.3 Å². The third kappa shape index (κ3) is 1.36. The normalized spacial score (nSPS) is 31.9. The molecule has 2 rings (SSSR count). The molecule has 2 fully saturated rings. The van der Waals surface area contributed by atoms with E-state index in [-0.39, 0.29) is 27.7 Å². The zero-order valence-electron chi connectivity index (χ0n) is 7.93. The number of carbonyl (C=O) groups excluding carboxylic acids is 1. The average molecular weight is 235 g/mol. The van der Waals surface area contributed by atoms with Crippen molar-refractivity contribution < 1.29 is 9.53 Å². The summed E-state index contributed by atoms with van der Waals surface area (Å²) in [6.07, 6.45) is 5.16. The predicted molar refractivity (Wildman–Crippen MR) is 55.1 cm³/mol. The standard InChI is InChI=1S/C10H12Cl2O2/c1-14-9(13)8-6(5-7(11)12)10(8)3-2-4-10/h5-6,8H,2-4H2,1H3. The smallest absolute Gasteiger partial charge is 0.309 e. The van der Waals surface area contributed by atoms with E-state index in [1.54, 1.807) is 6.08 Å². The molecule has 2 saturated carbocycles. The summed E-state index contributed by atoms with van der Waals surface area (Å²) in [4.78, 5) is 11.4. The van der Waals surface area contributed by atoms with Crippen molar-refractivity contribution in [2.24, 2.45) is 17.3 Å². The fourth-order valence-electron chi connectivity index (χ4n) is 2.66. The van der Waals surface area contributed by atoms with Crippen LogP contribution in [-0.2, 0) is 9.53 Å². The Bertz CT molecular complexity index is 290. The van der Waals surface area contributed by atoms with Crippen LogP contribution in [0.15, 0.2) is 10.6 Å². The van der Waals surface area contributed by atoms with Gasteiger partial charge in [-0.1, -0.05) is 29.6 Å². The first-order valence-corrected chi connectivity index (χ1v) is 5.48. The van der Waals surface area contributed by atoms with E-state index in [1.165, 1.54) is 13.5 Å². The molecule has 0 radical (unpaired) electrons. The first kappa shape index (κ1) is 10.3. The predicted octanol–water partition coefficient (Wildman–Crippen LogP) is 2.89. The van der Waals surface area contributed by atoms with E-state index >= 15 is 0 Å². The van der Waals surface area contributed by atoms with Gasteiger partial charge < -0.3 is 4.74 Å². The highest BCUT2D eigenvalue weighted by atomic mass is 35.5. The molecule has 1 spiro atoms. The Hall–Kier alpha value is -0.210. The van der Waals surface area contributed by atoms with Gasteiger partial charge in [-0.05, 0) is 30.3 Å². The van der Waals surface area contributed by atoms with Gasteiger partial charge in [0.15, 0.2) is 0 Å². The molecule has 14 heavy (non-hydrogen) atoms. The van der Waals surface area contributed by atoms with Crippen molar-refractivity contribution >= 4 is 29.2 Å². The second-order valence-corrected chi connectivity index (χ2v) is 5.08. The van der Waals surface area contributed by atoms with Gasteiger partial charge >= 0.3 is 5.97 Å². The minimum atomic E-state index is -0.125. The summed E-state index contributed by atoms with van der Waals surface area (Å²) in [6.45, 7) is 0. The zero-order chi connectivity index (χ0) is 10.3. The summed E-state index contributed by atoms with van der Waals surface area (Å²) < 4.78 is 5.02. The Morgan fingerprint density at radius 1 is 1.50 bits per heavy atom. The van der Waals surface area contributed by atoms with Crippen LogP contribution < -0.4 is 0 Å². The van der Waals surface area contributed by atoms with Gasteiger partial charge in [0.2, 0.25) is 0 Å². The molecule has 0 bridgehead atoms. The first-order chi connectivity index (χ1) is 6.62. The molecule has 2 nitrogen and oxygen atoms in total. The largest absolute Gasteiger partial charge is 0.469 e. The van der Waals surface area contributed by atoms with Gasteiger partial charge in [0.25, 0.3) is 0 Å². The fourth-order valence-corrected chi connectivity index (χ4v) is 2.93. The number of esters is 1. The van der Waals surface area contributed by atoms with E-state index in [1.807, 2.05) is 0 Å². The van der Waals surface area contributed by atoms with Crippen molar-refractivity contribution in [3.8, 4) is 0 Å². The number of halogens is 2. The molecule has 0 heterocycles. The quantitative estimate of drug-likeness (QED) is 0.688. The van der Waals surface area contributed by atoms with E-state index in [0.29, 0.717) is 0 Å². The summed E-state index contributed by atoms with van der Waals surface area (Å²) in [5.41, 5.74) is 0.141. The van der Waals surface area contributed by atoms with Gasteiger partial charge in [-0.25, -0.2) is 0 Å². The second-order valence-electron chi connectivity index (χ2n) is 4.07. The number of carbonyl (C=O) groups is 1. The third-order valence-corrected chi connectivity index (χ3v) is 3.83. The van der Waals surface area contributed by atoms with Crippen LogP contribution in [0.5, 0.6) is 0 Å². The summed E-state index contributed by atoms with van der Waals surface area (Å²) in [7, 11) is 1.43. The lowest BCUT2D eigenvalue weighted by atomic mass is 9.78. The van der Waals surface area contributed by atoms with Crippen molar-refractivity contribution in [3.63, 3.8) is 0 Å². The van der Waals surface area contributed by atoms with Crippen LogP contribution >= 0.6 is 23.2 Å². The van der Waals surface area contributed by atoms with E-state index in [4.69, 9.17) is 27.9 Å². The molecule has 0 aromatic heterocycles. The minimum absolute atomic E-state index is 0.00579. The van der Waals surface area contributed by atoms with Crippen molar-refractivity contribution in [3.05, 3.63) is 10.6 Å². The molecule has 0 aromatic rings. The van der Waals surface area contributed by atoms with E-state index in [0.717, 1.165) is 12.8 Å². The van der Waals surface area contributed by atoms with Crippen LogP contribution in [-0.4, -0.2) is 13.1 Å². The molecule has 0 amide bonds. The van der Waals surface area contributed by atoms with Gasteiger partial charge in [0.1, 0.15) is 4.49 Å². The first-order valence-electron chi connectivity index (χ1n) is 4.72. The molecule has 4 heteroatoms. The van der Waals surface area contributed by atoms with Crippen LogP contribution in [0.4, 0.5) is 0 Å². The molecule has 2 atom stereocenters. The highest BCUT2D eigenvalue weighted by Gasteiger charge is 2.69. The molecule has 2 aliphatic rings. The van der Waals surface area contributed by atoms with Crippen LogP contribution in [0, 0.1) is 17.3 Å². The monoisotopic (exact) mass is 234 g/mol. The maximum atomic E-state index is 11.4. The molecule has 2 unspecified atom stereocenters. The van der Waals surface area contributed by atoms with Crippen molar-refractivity contribution in [2.75, 3.05) is 7.11 Å². The highest BCUT2D eigenvalue weighted by Crippen LogP contribution is 2.71.